The number of amides is 2. The molecular formula is C17H18N2O5. The van der Waals surface area contributed by atoms with Gasteiger partial charge in [-0.05, 0) is 38.1 Å². The standard InChI is InChI=1S/C17H18N2O5/c1-9-15(17(23)24-3)13(8-14(21)18-9)16(22)19-12-6-4-11(5-7-12)10(2)20/h4-7,13H,8H2,1-3H3,(H,18,21)(H,19,22)/t13-/m0/s1. The minimum absolute atomic E-state index is 0.0802. The van der Waals surface area contributed by atoms with Crippen molar-refractivity contribution < 1.29 is 23.9 Å². The van der Waals surface area contributed by atoms with E-state index >= 15 is 0 Å². The average Bonchev–Trinajstić information content (AvgIpc) is 2.53. The van der Waals surface area contributed by atoms with E-state index in [1.54, 1.807) is 31.2 Å². The molecule has 126 valence electrons. The van der Waals surface area contributed by atoms with E-state index in [0.717, 1.165) is 0 Å². The first-order valence-corrected chi connectivity index (χ1v) is 7.34. The maximum absolute atomic E-state index is 12.5. The lowest BCUT2D eigenvalue weighted by atomic mass is 9.89. The van der Waals surface area contributed by atoms with Crippen molar-refractivity contribution in [1.82, 2.24) is 5.32 Å². The van der Waals surface area contributed by atoms with Gasteiger partial charge in [-0.15, -0.1) is 0 Å². The molecule has 0 spiro atoms. The Morgan fingerprint density at radius 2 is 1.83 bits per heavy atom. The molecule has 24 heavy (non-hydrogen) atoms. The van der Waals surface area contributed by atoms with Crippen LogP contribution in [0, 0.1) is 5.92 Å². The zero-order chi connectivity index (χ0) is 17.9. The van der Waals surface area contributed by atoms with Gasteiger partial charge in [-0.25, -0.2) is 4.79 Å². The van der Waals surface area contributed by atoms with Crippen LogP contribution in [0.1, 0.15) is 30.6 Å². The number of methoxy groups -OCH3 is 1. The van der Waals surface area contributed by atoms with E-state index < -0.39 is 17.8 Å². The minimum Gasteiger partial charge on any atom is -0.466 e. The SMILES string of the molecule is COC(=O)C1=C(C)NC(=O)C[C@@H]1C(=O)Nc1ccc(C(C)=O)cc1. The second-order valence-electron chi connectivity index (χ2n) is 5.46. The maximum atomic E-state index is 12.5. The van der Waals surface area contributed by atoms with E-state index in [1.165, 1.54) is 14.0 Å². The first kappa shape index (κ1) is 17.4. The van der Waals surface area contributed by atoms with E-state index in [4.69, 9.17) is 4.74 Å². The number of hydrogen-bond donors (Lipinski definition) is 2. The number of rotatable bonds is 4. The molecule has 0 saturated heterocycles. The summed E-state index contributed by atoms with van der Waals surface area (Å²) in [6.45, 7) is 3.00. The molecule has 0 unspecified atom stereocenters. The van der Waals surface area contributed by atoms with Crippen LogP contribution in [0.25, 0.3) is 0 Å². The summed E-state index contributed by atoms with van der Waals surface area (Å²) in [5.74, 6) is -2.49. The number of ether oxygens (including phenoxy) is 1. The summed E-state index contributed by atoms with van der Waals surface area (Å²) in [7, 11) is 1.22. The number of allylic oxidation sites excluding steroid dienone is 1. The highest BCUT2D eigenvalue weighted by Gasteiger charge is 2.36. The molecule has 1 atom stereocenters. The molecule has 1 aliphatic heterocycles. The highest BCUT2D eigenvalue weighted by molar-refractivity contribution is 6.06. The van der Waals surface area contributed by atoms with Gasteiger partial charge >= 0.3 is 5.97 Å². The first-order chi connectivity index (χ1) is 11.3. The summed E-state index contributed by atoms with van der Waals surface area (Å²) in [4.78, 5) is 47.4. The first-order valence-electron chi connectivity index (χ1n) is 7.34. The summed E-state index contributed by atoms with van der Waals surface area (Å²) in [6.07, 6.45) is -0.140. The van der Waals surface area contributed by atoms with Crippen molar-refractivity contribution in [1.29, 1.82) is 0 Å². The number of nitrogens with one attached hydrogen (secondary N) is 2. The molecule has 0 aromatic heterocycles. The highest BCUT2D eigenvalue weighted by atomic mass is 16.5. The maximum Gasteiger partial charge on any atom is 0.336 e. The summed E-state index contributed by atoms with van der Waals surface area (Å²) < 4.78 is 4.70. The van der Waals surface area contributed by atoms with E-state index in [1.807, 2.05) is 0 Å². The zero-order valence-electron chi connectivity index (χ0n) is 13.6. The van der Waals surface area contributed by atoms with Gasteiger partial charge in [-0.2, -0.15) is 0 Å². The van der Waals surface area contributed by atoms with Crippen molar-refractivity contribution in [3.05, 3.63) is 41.1 Å². The fourth-order valence-corrected chi connectivity index (χ4v) is 2.52. The predicted octanol–water partition coefficient (Wildman–Crippen LogP) is 1.41. The van der Waals surface area contributed by atoms with Crippen LogP contribution in [0.2, 0.25) is 0 Å². The Morgan fingerprint density at radius 1 is 1.21 bits per heavy atom. The van der Waals surface area contributed by atoms with Gasteiger partial charge in [0.15, 0.2) is 5.78 Å². The van der Waals surface area contributed by atoms with E-state index in [9.17, 15) is 19.2 Å². The summed E-state index contributed by atoms with van der Waals surface area (Å²) in [5, 5.41) is 5.19. The number of ketones is 1. The molecule has 7 heteroatoms. The van der Waals surface area contributed by atoms with Crippen molar-refractivity contribution in [2.24, 2.45) is 5.92 Å². The minimum atomic E-state index is -0.932. The van der Waals surface area contributed by atoms with Gasteiger partial charge in [0.2, 0.25) is 11.8 Å². The molecule has 2 N–H and O–H groups in total. The number of esters is 1. The fraction of sp³-hybridized carbons (Fsp3) is 0.294. The number of anilines is 1. The van der Waals surface area contributed by atoms with Crippen molar-refractivity contribution in [2.45, 2.75) is 20.3 Å². The number of hydrogen-bond acceptors (Lipinski definition) is 5. The lowest BCUT2D eigenvalue weighted by Crippen LogP contribution is -2.40. The molecule has 2 amide bonds. The van der Waals surface area contributed by atoms with E-state index in [-0.39, 0.29) is 23.7 Å². The van der Waals surface area contributed by atoms with Gasteiger partial charge < -0.3 is 15.4 Å². The predicted molar refractivity (Wildman–Crippen MR) is 86.0 cm³/mol. The number of Topliss-reactive ketones (excluding diaryl/α,β-unsaturated/α-hetero) is 1. The lowest BCUT2D eigenvalue weighted by molar-refractivity contribution is -0.139. The Balaban J connectivity index is 2.23. The van der Waals surface area contributed by atoms with Crippen LogP contribution in [0.3, 0.4) is 0 Å². The Bertz CT molecular complexity index is 734. The molecule has 1 aliphatic rings. The van der Waals surface area contributed by atoms with E-state index in [2.05, 4.69) is 10.6 Å². The van der Waals surface area contributed by atoms with Crippen molar-refractivity contribution in [3.8, 4) is 0 Å². The van der Waals surface area contributed by atoms with Gasteiger partial charge in [0.25, 0.3) is 0 Å². The zero-order valence-corrected chi connectivity index (χ0v) is 13.6. The number of benzene rings is 1. The topological polar surface area (TPSA) is 102 Å². The number of carbonyl (C=O) groups is 4. The summed E-state index contributed by atoms with van der Waals surface area (Å²) in [6, 6.07) is 6.36. The van der Waals surface area contributed by atoms with Gasteiger partial charge in [0.1, 0.15) is 0 Å². The quantitative estimate of drug-likeness (QED) is 0.642. The van der Waals surface area contributed by atoms with Crippen molar-refractivity contribution in [3.63, 3.8) is 0 Å². The van der Waals surface area contributed by atoms with Crippen LogP contribution < -0.4 is 10.6 Å². The Morgan fingerprint density at radius 3 is 2.38 bits per heavy atom. The monoisotopic (exact) mass is 330 g/mol. The fourth-order valence-electron chi connectivity index (χ4n) is 2.52. The Labute approximate surface area is 139 Å². The second kappa shape index (κ2) is 7.08. The molecule has 7 nitrogen and oxygen atoms in total. The van der Waals surface area contributed by atoms with Gasteiger partial charge in [-0.1, -0.05) is 0 Å². The van der Waals surface area contributed by atoms with Crippen LogP contribution >= 0.6 is 0 Å². The second-order valence-corrected chi connectivity index (χ2v) is 5.46. The molecular weight excluding hydrogens is 312 g/mol. The van der Waals surface area contributed by atoms with Crippen molar-refractivity contribution >= 4 is 29.3 Å². The van der Waals surface area contributed by atoms with E-state index in [0.29, 0.717) is 16.9 Å². The molecule has 2 rings (SSSR count). The van der Waals surface area contributed by atoms with Crippen LogP contribution in [0.5, 0.6) is 0 Å². The lowest BCUT2D eigenvalue weighted by Gasteiger charge is -2.25. The molecule has 0 fully saturated rings. The van der Waals surface area contributed by atoms with Gasteiger partial charge in [0.05, 0.1) is 18.6 Å². The van der Waals surface area contributed by atoms with Crippen LogP contribution in [0.4, 0.5) is 5.69 Å². The van der Waals surface area contributed by atoms with Crippen LogP contribution in [-0.2, 0) is 19.1 Å². The summed E-state index contributed by atoms with van der Waals surface area (Å²) >= 11 is 0. The number of carbonyl (C=O) groups excluding carboxylic acids is 4. The normalized spacial score (nSPS) is 17.1. The average molecular weight is 330 g/mol. The molecule has 0 bridgehead atoms. The molecule has 0 saturated carbocycles. The van der Waals surface area contributed by atoms with Crippen LogP contribution in [-0.4, -0.2) is 30.7 Å². The molecule has 0 aliphatic carbocycles. The van der Waals surface area contributed by atoms with Crippen molar-refractivity contribution in [2.75, 3.05) is 12.4 Å². The highest BCUT2D eigenvalue weighted by Crippen LogP contribution is 2.25. The Kier molecular flexibility index (Phi) is 5.13. The smallest absolute Gasteiger partial charge is 0.336 e. The Hall–Kier alpha value is -2.96. The third-order valence-electron chi connectivity index (χ3n) is 3.75. The molecule has 1 heterocycles. The van der Waals surface area contributed by atoms with Crippen LogP contribution in [0.15, 0.2) is 35.5 Å². The third kappa shape index (κ3) is 3.68. The van der Waals surface area contributed by atoms with Gasteiger partial charge in [-0.3, -0.25) is 14.4 Å². The largest absolute Gasteiger partial charge is 0.466 e. The molecule has 1 aromatic rings. The molecule has 1 aromatic carbocycles. The third-order valence-corrected chi connectivity index (χ3v) is 3.75. The van der Waals surface area contributed by atoms with Gasteiger partial charge in [0, 0.05) is 23.4 Å². The summed E-state index contributed by atoms with van der Waals surface area (Å²) in [5.41, 5.74) is 1.44. The molecule has 0 radical (unpaired) electrons.